The van der Waals surface area contributed by atoms with Crippen LogP contribution in [0, 0.1) is 5.41 Å². The Balaban J connectivity index is 3.86. The number of esters is 1. The molecule has 0 aromatic carbocycles. The van der Waals surface area contributed by atoms with Crippen molar-refractivity contribution < 1.29 is 18.7 Å². The molecule has 0 fully saturated rings. The maximum absolute atomic E-state index is 12.6. The lowest BCUT2D eigenvalue weighted by atomic mass is 9.84. The average molecular weight is 214 g/mol. The highest BCUT2D eigenvalue weighted by molar-refractivity contribution is 6.11. The van der Waals surface area contributed by atoms with Gasteiger partial charge in [0, 0.05) is 0 Å². The molecule has 0 aromatic heterocycles. The third kappa shape index (κ3) is 6.26. The molecule has 0 unspecified atom stereocenters. The van der Waals surface area contributed by atoms with Gasteiger partial charge in [-0.2, -0.15) is 0 Å². The largest absolute Gasteiger partial charge is 0.466 e. The van der Waals surface area contributed by atoms with Gasteiger partial charge in [0.2, 0.25) is 0 Å². The highest BCUT2D eigenvalue weighted by atomic mass is 19.1. The second-order valence-corrected chi connectivity index (χ2v) is 4.50. The maximum atomic E-state index is 12.6. The van der Waals surface area contributed by atoms with Crippen molar-refractivity contribution >= 4 is 20.1 Å². The highest BCUT2D eigenvalue weighted by Crippen LogP contribution is 2.17. The number of carbonyl (C=O) groups excluding carboxylic acids is 2. The van der Waals surface area contributed by atoms with Gasteiger partial charge in [-0.3, -0.25) is 4.79 Å². The summed E-state index contributed by atoms with van der Waals surface area (Å²) in [5, 5.41) is 0. The summed E-state index contributed by atoms with van der Waals surface area (Å²) in [6.45, 7) is 5.07. The molecule has 2 atom stereocenters. The molecular weight excluding hydrogens is 198 g/mol. The maximum Gasteiger partial charge on any atom is 0.311 e. The fourth-order valence-corrected chi connectivity index (χ4v) is 0.812. The Morgan fingerprint density at radius 3 is 2.47 bits per heavy atom. The van der Waals surface area contributed by atoms with E-state index in [9.17, 15) is 14.0 Å². The Morgan fingerprint density at radius 2 is 2.07 bits per heavy atom. The van der Waals surface area contributed by atoms with E-state index in [1.165, 1.54) is 0 Å². The first-order valence-electron chi connectivity index (χ1n) is 4.79. The Labute approximate surface area is 90.8 Å². The van der Waals surface area contributed by atoms with Crippen LogP contribution in [0.3, 0.4) is 0 Å². The minimum Gasteiger partial charge on any atom is -0.466 e. The lowest BCUT2D eigenvalue weighted by Gasteiger charge is -2.19. The first kappa shape index (κ1) is 14.1. The second kappa shape index (κ2) is 5.88. The van der Waals surface area contributed by atoms with Gasteiger partial charge in [0.25, 0.3) is 0 Å². The molecule has 0 bridgehead atoms. The highest BCUT2D eigenvalue weighted by Gasteiger charge is 2.23. The minimum atomic E-state index is -1.59. The van der Waals surface area contributed by atoms with Crippen LogP contribution < -0.4 is 0 Å². The van der Waals surface area contributed by atoms with E-state index in [2.05, 4.69) is 0 Å². The summed E-state index contributed by atoms with van der Waals surface area (Å²) in [6.07, 6.45) is -1.53. The number of aldehydes is 1. The van der Waals surface area contributed by atoms with E-state index in [1.807, 2.05) is 0 Å². The third-order valence-corrected chi connectivity index (χ3v) is 1.72. The van der Waals surface area contributed by atoms with Gasteiger partial charge in [0.1, 0.15) is 0 Å². The van der Waals surface area contributed by atoms with Crippen molar-refractivity contribution in [1.82, 2.24) is 0 Å². The average Bonchev–Trinajstić information content (AvgIpc) is 2.12. The van der Waals surface area contributed by atoms with Gasteiger partial charge in [-0.15, -0.1) is 0 Å². The monoisotopic (exact) mass is 214 g/mol. The molecule has 3 nitrogen and oxygen atoms in total. The van der Waals surface area contributed by atoms with Crippen LogP contribution in [0.25, 0.3) is 0 Å². The zero-order valence-electron chi connectivity index (χ0n) is 9.33. The van der Waals surface area contributed by atoms with E-state index in [4.69, 9.17) is 12.6 Å². The molecule has 15 heavy (non-hydrogen) atoms. The molecule has 0 saturated heterocycles. The van der Waals surface area contributed by atoms with Crippen molar-refractivity contribution in [3.8, 4) is 0 Å². The number of ether oxygens (including phenoxy) is 1. The van der Waals surface area contributed by atoms with Crippen molar-refractivity contribution in [2.45, 2.75) is 39.2 Å². The second-order valence-electron chi connectivity index (χ2n) is 4.50. The molecule has 0 heterocycles. The minimum absolute atomic E-state index is 0.0651. The number of hydrogen-bond acceptors (Lipinski definition) is 3. The van der Waals surface area contributed by atoms with Crippen LogP contribution in [-0.2, 0) is 14.3 Å². The predicted molar refractivity (Wildman–Crippen MR) is 55.5 cm³/mol. The van der Waals surface area contributed by atoms with E-state index >= 15 is 0 Å². The molecule has 0 aliphatic carbocycles. The molecule has 0 rings (SSSR count). The molecule has 0 amide bonds. The van der Waals surface area contributed by atoms with Crippen molar-refractivity contribution in [3.63, 3.8) is 0 Å². The molecule has 0 saturated carbocycles. The van der Waals surface area contributed by atoms with Crippen molar-refractivity contribution in [1.29, 1.82) is 0 Å². The quantitative estimate of drug-likeness (QED) is 0.395. The summed E-state index contributed by atoms with van der Waals surface area (Å²) in [4.78, 5) is 21.3. The first-order chi connectivity index (χ1) is 6.77. The van der Waals surface area contributed by atoms with Crippen LogP contribution in [0.5, 0.6) is 0 Å². The molecule has 2 radical (unpaired) electrons. The molecular formula is C10H16BFO3. The van der Waals surface area contributed by atoms with Gasteiger partial charge in [-0.1, -0.05) is 0 Å². The van der Waals surface area contributed by atoms with Crippen LogP contribution in [-0.4, -0.2) is 32.9 Å². The van der Waals surface area contributed by atoms with Crippen molar-refractivity contribution in [3.05, 3.63) is 0 Å². The van der Waals surface area contributed by atoms with E-state index in [0.717, 1.165) is 0 Å². The Morgan fingerprint density at radius 1 is 1.53 bits per heavy atom. The standard InChI is InChI=1S/C10H16BFO3/c1-10(2,3)9(14)15-6-7(11)4-8(12)5-13/h5,7-8H,4,6H2,1-3H3/t7-,8+/m1/s1. The van der Waals surface area contributed by atoms with Crippen LogP contribution >= 0.6 is 0 Å². The van der Waals surface area contributed by atoms with Gasteiger partial charge in [-0.05, 0) is 33.0 Å². The summed E-state index contributed by atoms with van der Waals surface area (Å²) >= 11 is 0. The summed E-state index contributed by atoms with van der Waals surface area (Å²) in [5.41, 5.74) is -0.598. The molecule has 0 aliphatic rings. The molecule has 0 aromatic rings. The fraction of sp³-hybridized carbons (Fsp3) is 0.800. The zero-order valence-corrected chi connectivity index (χ0v) is 9.33. The Kier molecular flexibility index (Phi) is 5.54. The number of halogens is 1. The Hall–Kier alpha value is -0.865. The van der Waals surface area contributed by atoms with E-state index in [1.54, 1.807) is 20.8 Å². The lowest BCUT2D eigenvalue weighted by Crippen LogP contribution is -2.25. The summed E-state index contributed by atoms with van der Waals surface area (Å²) in [7, 11) is 5.47. The van der Waals surface area contributed by atoms with Gasteiger partial charge < -0.3 is 9.53 Å². The van der Waals surface area contributed by atoms with E-state index < -0.39 is 17.4 Å². The number of alkyl halides is 1. The van der Waals surface area contributed by atoms with Gasteiger partial charge >= 0.3 is 5.97 Å². The summed E-state index contributed by atoms with van der Waals surface area (Å²) < 4.78 is 17.4. The van der Waals surface area contributed by atoms with Crippen LogP contribution in [0.4, 0.5) is 4.39 Å². The molecule has 0 spiro atoms. The smallest absolute Gasteiger partial charge is 0.311 e. The van der Waals surface area contributed by atoms with Gasteiger partial charge in [0.05, 0.1) is 19.9 Å². The first-order valence-corrected chi connectivity index (χ1v) is 4.79. The lowest BCUT2D eigenvalue weighted by molar-refractivity contribution is -0.153. The topological polar surface area (TPSA) is 43.4 Å². The Bertz CT molecular complexity index is 225. The van der Waals surface area contributed by atoms with Crippen LogP contribution in [0.2, 0.25) is 5.82 Å². The normalized spacial score (nSPS) is 15.5. The van der Waals surface area contributed by atoms with Gasteiger partial charge in [-0.25, -0.2) is 4.39 Å². The summed E-state index contributed by atoms with van der Waals surface area (Å²) in [5.74, 6) is -1.03. The number of carbonyl (C=O) groups is 2. The molecule has 84 valence electrons. The number of hydrogen-bond donors (Lipinski definition) is 0. The number of rotatable bonds is 5. The predicted octanol–water partition coefficient (Wildman–Crippen LogP) is 1.46. The van der Waals surface area contributed by atoms with Crippen molar-refractivity contribution in [2.75, 3.05) is 6.61 Å². The SMILES string of the molecule is [B][C@@H](COC(=O)C(C)(C)C)C[C@H](F)C=O. The van der Waals surface area contributed by atoms with Gasteiger partial charge in [0.15, 0.2) is 12.5 Å². The fourth-order valence-electron chi connectivity index (χ4n) is 0.812. The van der Waals surface area contributed by atoms with Crippen LogP contribution in [0.1, 0.15) is 27.2 Å². The molecule has 0 aliphatic heterocycles. The third-order valence-electron chi connectivity index (χ3n) is 1.72. The van der Waals surface area contributed by atoms with E-state index in [0.29, 0.717) is 0 Å². The van der Waals surface area contributed by atoms with Crippen LogP contribution in [0.15, 0.2) is 0 Å². The zero-order chi connectivity index (χ0) is 12.1. The van der Waals surface area contributed by atoms with Crippen molar-refractivity contribution in [2.24, 2.45) is 5.41 Å². The van der Waals surface area contributed by atoms with E-state index in [-0.39, 0.29) is 25.3 Å². The molecule has 5 heteroatoms. The summed E-state index contributed by atoms with van der Waals surface area (Å²) in [6, 6.07) is 0. The molecule has 0 N–H and O–H groups in total.